The average molecular weight is 262 g/mol. The molecule has 1 atom stereocenters. The molecule has 1 unspecified atom stereocenters. The Morgan fingerprint density at radius 1 is 1.10 bits per heavy atom. The van der Waals surface area contributed by atoms with Crippen molar-refractivity contribution in [1.29, 1.82) is 10.5 Å². The van der Waals surface area contributed by atoms with Gasteiger partial charge in [0.05, 0.1) is 30.7 Å². The van der Waals surface area contributed by atoms with Crippen LogP contribution in [0, 0.1) is 22.7 Å². The molecule has 2 aromatic carbocycles. The van der Waals surface area contributed by atoms with Crippen LogP contribution < -0.4 is 4.74 Å². The number of methoxy groups -OCH3 is 1. The molecule has 20 heavy (non-hydrogen) atoms. The first-order chi connectivity index (χ1) is 9.76. The lowest BCUT2D eigenvalue weighted by Crippen LogP contribution is -2.01. The van der Waals surface area contributed by atoms with E-state index in [1.165, 1.54) is 0 Å². The molecule has 3 nitrogen and oxygen atoms in total. The topological polar surface area (TPSA) is 56.8 Å². The maximum Gasteiger partial charge on any atom is 0.119 e. The van der Waals surface area contributed by atoms with Crippen molar-refractivity contribution >= 4 is 0 Å². The highest BCUT2D eigenvalue weighted by atomic mass is 16.5. The Morgan fingerprint density at radius 3 is 2.60 bits per heavy atom. The van der Waals surface area contributed by atoms with Gasteiger partial charge in [0.25, 0.3) is 0 Å². The standard InChI is InChI=1S/C17H14N2O/c1-20-17-7-3-4-13(10-17)8-16(12-19)15-6-2-5-14(9-15)11-18/h2-7,9-10,16H,8H2,1H3. The molecule has 0 spiro atoms. The van der Waals surface area contributed by atoms with Crippen molar-refractivity contribution in [2.24, 2.45) is 0 Å². The van der Waals surface area contributed by atoms with Crippen LogP contribution in [0.2, 0.25) is 0 Å². The summed E-state index contributed by atoms with van der Waals surface area (Å²) in [5.74, 6) is 0.514. The fraction of sp³-hybridized carbons (Fsp3) is 0.176. The van der Waals surface area contributed by atoms with Crippen LogP contribution in [-0.4, -0.2) is 7.11 Å². The molecule has 0 aliphatic heterocycles. The van der Waals surface area contributed by atoms with Gasteiger partial charge in [-0.1, -0.05) is 24.3 Å². The Hall–Kier alpha value is -2.78. The van der Waals surface area contributed by atoms with Crippen LogP contribution in [0.15, 0.2) is 48.5 Å². The Morgan fingerprint density at radius 2 is 1.90 bits per heavy atom. The normalized spacial score (nSPS) is 11.2. The maximum atomic E-state index is 9.37. The second-order valence-corrected chi connectivity index (χ2v) is 4.47. The summed E-state index contributed by atoms with van der Waals surface area (Å²) in [7, 11) is 1.62. The third kappa shape index (κ3) is 3.16. The Labute approximate surface area is 118 Å². The number of benzene rings is 2. The van der Waals surface area contributed by atoms with E-state index in [9.17, 15) is 5.26 Å². The van der Waals surface area contributed by atoms with Crippen molar-refractivity contribution < 1.29 is 4.74 Å². The minimum Gasteiger partial charge on any atom is -0.497 e. The van der Waals surface area contributed by atoms with Crippen LogP contribution in [0.3, 0.4) is 0 Å². The molecule has 0 saturated heterocycles. The molecule has 0 N–H and O–H groups in total. The first-order valence-corrected chi connectivity index (χ1v) is 6.29. The quantitative estimate of drug-likeness (QED) is 0.848. The van der Waals surface area contributed by atoms with Crippen molar-refractivity contribution in [3.63, 3.8) is 0 Å². The average Bonchev–Trinajstić information content (AvgIpc) is 2.52. The monoisotopic (exact) mass is 262 g/mol. The first-order valence-electron chi connectivity index (χ1n) is 6.29. The van der Waals surface area contributed by atoms with Gasteiger partial charge in [0.1, 0.15) is 5.75 Å². The molecule has 0 bridgehead atoms. The molecule has 0 aliphatic carbocycles. The molecule has 0 fully saturated rings. The highest BCUT2D eigenvalue weighted by molar-refractivity contribution is 5.38. The summed E-state index contributed by atoms with van der Waals surface area (Å²) in [4.78, 5) is 0. The van der Waals surface area contributed by atoms with E-state index in [4.69, 9.17) is 10.00 Å². The van der Waals surface area contributed by atoms with Crippen LogP contribution in [-0.2, 0) is 6.42 Å². The van der Waals surface area contributed by atoms with Crippen LogP contribution in [0.1, 0.15) is 22.6 Å². The zero-order valence-corrected chi connectivity index (χ0v) is 11.2. The molecule has 0 saturated carbocycles. The predicted molar refractivity (Wildman–Crippen MR) is 76.2 cm³/mol. The lowest BCUT2D eigenvalue weighted by molar-refractivity contribution is 0.414. The first kappa shape index (κ1) is 13.6. The van der Waals surface area contributed by atoms with Crippen LogP contribution in [0.4, 0.5) is 0 Å². The van der Waals surface area contributed by atoms with E-state index in [1.807, 2.05) is 36.4 Å². The van der Waals surface area contributed by atoms with Gasteiger partial charge in [-0.3, -0.25) is 0 Å². The second kappa shape index (κ2) is 6.41. The summed E-state index contributed by atoms with van der Waals surface area (Å²) < 4.78 is 5.19. The maximum absolute atomic E-state index is 9.37. The van der Waals surface area contributed by atoms with Gasteiger partial charge in [-0.2, -0.15) is 10.5 Å². The van der Waals surface area contributed by atoms with E-state index < -0.39 is 0 Å². The molecule has 0 aliphatic rings. The highest BCUT2D eigenvalue weighted by Gasteiger charge is 2.12. The van der Waals surface area contributed by atoms with Gasteiger partial charge in [0.2, 0.25) is 0 Å². The molecule has 2 rings (SSSR count). The van der Waals surface area contributed by atoms with E-state index in [1.54, 1.807) is 19.2 Å². The Balaban J connectivity index is 2.24. The summed E-state index contributed by atoms with van der Waals surface area (Å²) in [6.07, 6.45) is 0.600. The third-order valence-corrected chi connectivity index (χ3v) is 3.15. The summed E-state index contributed by atoms with van der Waals surface area (Å²) in [5, 5.41) is 18.3. The lowest BCUT2D eigenvalue weighted by atomic mass is 9.92. The minimum absolute atomic E-state index is 0.268. The molecule has 0 radical (unpaired) electrons. The molecule has 2 aromatic rings. The predicted octanol–water partition coefficient (Wildman–Crippen LogP) is 3.42. The molecule has 0 heterocycles. The van der Waals surface area contributed by atoms with Crippen LogP contribution in [0.5, 0.6) is 5.75 Å². The second-order valence-electron chi connectivity index (χ2n) is 4.47. The van der Waals surface area contributed by atoms with E-state index >= 15 is 0 Å². The highest BCUT2D eigenvalue weighted by Crippen LogP contribution is 2.23. The van der Waals surface area contributed by atoms with Gasteiger partial charge in [-0.15, -0.1) is 0 Å². The molecular formula is C17H14N2O. The number of rotatable bonds is 4. The fourth-order valence-corrected chi connectivity index (χ4v) is 2.10. The summed E-state index contributed by atoms with van der Waals surface area (Å²) in [5.41, 5.74) is 2.49. The van der Waals surface area contributed by atoms with Crippen molar-refractivity contribution in [3.05, 3.63) is 65.2 Å². The molecule has 98 valence electrons. The summed E-state index contributed by atoms with van der Waals surface area (Å²) in [6, 6.07) is 19.3. The third-order valence-electron chi connectivity index (χ3n) is 3.15. The number of hydrogen-bond donors (Lipinski definition) is 0. The lowest BCUT2D eigenvalue weighted by Gasteiger charge is -2.10. The number of ether oxygens (including phenoxy) is 1. The molecule has 3 heteroatoms. The van der Waals surface area contributed by atoms with Gasteiger partial charge in [0.15, 0.2) is 0 Å². The zero-order chi connectivity index (χ0) is 14.4. The molecular weight excluding hydrogens is 248 g/mol. The van der Waals surface area contributed by atoms with Crippen molar-refractivity contribution in [2.45, 2.75) is 12.3 Å². The van der Waals surface area contributed by atoms with Gasteiger partial charge in [0, 0.05) is 0 Å². The Bertz CT molecular complexity index is 680. The van der Waals surface area contributed by atoms with Gasteiger partial charge in [-0.25, -0.2) is 0 Å². The summed E-state index contributed by atoms with van der Waals surface area (Å²) >= 11 is 0. The van der Waals surface area contributed by atoms with Crippen molar-refractivity contribution in [1.82, 2.24) is 0 Å². The Kier molecular flexibility index (Phi) is 4.37. The summed E-state index contributed by atoms with van der Waals surface area (Å²) in [6.45, 7) is 0. The SMILES string of the molecule is COc1cccc(CC(C#N)c2cccc(C#N)c2)c1. The molecule has 0 amide bonds. The number of hydrogen-bond acceptors (Lipinski definition) is 3. The van der Waals surface area contributed by atoms with E-state index in [0.29, 0.717) is 12.0 Å². The van der Waals surface area contributed by atoms with E-state index in [0.717, 1.165) is 16.9 Å². The fourth-order valence-electron chi connectivity index (χ4n) is 2.10. The van der Waals surface area contributed by atoms with Crippen molar-refractivity contribution in [2.75, 3.05) is 7.11 Å². The van der Waals surface area contributed by atoms with Gasteiger partial charge < -0.3 is 4.74 Å². The minimum atomic E-state index is -0.268. The van der Waals surface area contributed by atoms with E-state index in [2.05, 4.69) is 12.1 Å². The van der Waals surface area contributed by atoms with Crippen molar-refractivity contribution in [3.8, 4) is 17.9 Å². The van der Waals surface area contributed by atoms with Gasteiger partial charge >= 0.3 is 0 Å². The van der Waals surface area contributed by atoms with E-state index in [-0.39, 0.29) is 5.92 Å². The van der Waals surface area contributed by atoms with Crippen LogP contribution in [0.25, 0.3) is 0 Å². The van der Waals surface area contributed by atoms with Gasteiger partial charge in [-0.05, 0) is 41.8 Å². The number of nitrogens with zero attached hydrogens (tertiary/aromatic N) is 2. The zero-order valence-electron chi connectivity index (χ0n) is 11.2. The number of nitriles is 2. The molecule has 0 aromatic heterocycles. The largest absolute Gasteiger partial charge is 0.497 e. The smallest absolute Gasteiger partial charge is 0.119 e. The van der Waals surface area contributed by atoms with Crippen LogP contribution >= 0.6 is 0 Å².